The molecular formula is C10H6Cl2N2O2. The van der Waals surface area contributed by atoms with Gasteiger partial charge in [-0.05, 0) is 17.7 Å². The van der Waals surface area contributed by atoms with Gasteiger partial charge in [-0.1, -0.05) is 29.3 Å². The fraction of sp³-hybridized carbons (Fsp3) is 0. The van der Waals surface area contributed by atoms with E-state index in [2.05, 4.69) is 9.97 Å². The van der Waals surface area contributed by atoms with Crippen LogP contribution in [-0.4, -0.2) is 9.97 Å². The molecule has 0 saturated carbocycles. The van der Waals surface area contributed by atoms with Crippen LogP contribution in [0.5, 0.6) is 0 Å². The van der Waals surface area contributed by atoms with E-state index in [1.807, 2.05) is 0 Å². The first-order valence-corrected chi connectivity index (χ1v) is 5.11. The number of rotatable bonds is 1. The monoisotopic (exact) mass is 256 g/mol. The minimum atomic E-state index is -0.547. The van der Waals surface area contributed by atoms with E-state index in [-0.39, 0.29) is 0 Å². The van der Waals surface area contributed by atoms with Crippen LogP contribution in [0.3, 0.4) is 0 Å². The van der Waals surface area contributed by atoms with Crippen LogP contribution in [0.1, 0.15) is 0 Å². The lowest BCUT2D eigenvalue weighted by molar-refractivity contribution is 1.04. The molecule has 0 aliphatic heterocycles. The van der Waals surface area contributed by atoms with Gasteiger partial charge in [-0.25, -0.2) is 4.79 Å². The second kappa shape index (κ2) is 4.15. The molecule has 2 rings (SSSR count). The summed E-state index contributed by atoms with van der Waals surface area (Å²) in [6.07, 6.45) is 1.33. The predicted molar refractivity (Wildman–Crippen MR) is 63.1 cm³/mol. The Bertz CT molecular complexity index is 646. The zero-order chi connectivity index (χ0) is 11.7. The van der Waals surface area contributed by atoms with E-state index in [1.54, 1.807) is 18.2 Å². The highest BCUT2D eigenvalue weighted by molar-refractivity contribution is 6.42. The van der Waals surface area contributed by atoms with Crippen LogP contribution in [0.4, 0.5) is 0 Å². The third kappa shape index (κ3) is 2.03. The normalized spacial score (nSPS) is 10.4. The first-order chi connectivity index (χ1) is 7.58. The highest BCUT2D eigenvalue weighted by Gasteiger charge is 2.06. The Morgan fingerprint density at radius 1 is 1.06 bits per heavy atom. The first kappa shape index (κ1) is 11.0. The summed E-state index contributed by atoms with van der Waals surface area (Å²) in [5.41, 5.74) is -0.0963. The van der Waals surface area contributed by atoms with Gasteiger partial charge in [-0.2, -0.15) is 0 Å². The highest BCUT2D eigenvalue weighted by Crippen LogP contribution is 2.26. The SMILES string of the molecule is O=c1[nH]cc(-c2ccc(Cl)c(Cl)c2)c(=O)[nH]1. The van der Waals surface area contributed by atoms with Crippen molar-refractivity contribution in [3.8, 4) is 11.1 Å². The van der Waals surface area contributed by atoms with Crippen molar-refractivity contribution in [1.29, 1.82) is 0 Å². The number of hydrogen-bond acceptors (Lipinski definition) is 2. The van der Waals surface area contributed by atoms with Gasteiger partial charge in [0, 0.05) is 6.20 Å². The van der Waals surface area contributed by atoms with E-state index < -0.39 is 11.2 Å². The van der Waals surface area contributed by atoms with Gasteiger partial charge in [0.1, 0.15) is 0 Å². The number of aromatic amines is 2. The van der Waals surface area contributed by atoms with Crippen molar-refractivity contribution in [2.24, 2.45) is 0 Å². The van der Waals surface area contributed by atoms with Crippen LogP contribution in [0.15, 0.2) is 34.0 Å². The van der Waals surface area contributed by atoms with E-state index in [4.69, 9.17) is 23.2 Å². The molecule has 0 atom stereocenters. The summed E-state index contributed by atoms with van der Waals surface area (Å²) >= 11 is 11.6. The molecule has 0 unspecified atom stereocenters. The molecule has 0 saturated heterocycles. The predicted octanol–water partition coefficient (Wildman–Crippen LogP) is 2.04. The lowest BCUT2D eigenvalue weighted by Crippen LogP contribution is -2.22. The van der Waals surface area contributed by atoms with Crippen molar-refractivity contribution >= 4 is 23.2 Å². The fourth-order valence-electron chi connectivity index (χ4n) is 1.29. The van der Waals surface area contributed by atoms with Crippen molar-refractivity contribution in [3.63, 3.8) is 0 Å². The molecule has 16 heavy (non-hydrogen) atoms. The second-order valence-electron chi connectivity index (χ2n) is 3.11. The number of benzene rings is 1. The van der Waals surface area contributed by atoms with Crippen molar-refractivity contribution in [2.45, 2.75) is 0 Å². The number of hydrogen-bond donors (Lipinski definition) is 2. The summed E-state index contributed by atoms with van der Waals surface area (Å²) in [7, 11) is 0. The molecule has 0 bridgehead atoms. The minimum Gasteiger partial charge on any atom is -0.313 e. The Hall–Kier alpha value is -1.52. The summed E-state index contributed by atoms with van der Waals surface area (Å²) in [6.45, 7) is 0. The molecule has 2 aromatic rings. The zero-order valence-corrected chi connectivity index (χ0v) is 9.39. The van der Waals surface area contributed by atoms with Gasteiger partial charge in [-0.15, -0.1) is 0 Å². The molecule has 0 amide bonds. The van der Waals surface area contributed by atoms with Crippen LogP contribution in [0.25, 0.3) is 11.1 Å². The van der Waals surface area contributed by atoms with E-state index in [0.717, 1.165) is 0 Å². The van der Waals surface area contributed by atoms with Gasteiger partial charge in [-0.3, -0.25) is 9.78 Å². The summed E-state index contributed by atoms with van der Waals surface area (Å²) in [5, 5.41) is 0.760. The van der Waals surface area contributed by atoms with Gasteiger partial charge in [0.05, 0.1) is 15.6 Å². The topological polar surface area (TPSA) is 65.7 Å². The van der Waals surface area contributed by atoms with Gasteiger partial charge in [0.25, 0.3) is 5.56 Å². The number of nitrogens with one attached hydrogen (secondary N) is 2. The standard InChI is InChI=1S/C10H6Cl2N2O2/c11-7-2-1-5(3-8(7)12)6-4-13-10(16)14-9(6)15/h1-4H,(H2,13,14,15,16). The maximum absolute atomic E-state index is 11.5. The molecule has 4 nitrogen and oxygen atoms in total. The molecule has 0 fully saturated rings. The average Bonchev–Trinajstić information content (AvgIpc) is 2.22. The summed E-state index contributed by atoms with van der Waals surface area (Å²) in [6, 6.07) is 4.80. The fourth-order valence-corrected chi connectivity index (χ4v) is 1.59. The van der Waals surface area contributed by atoms with E-state index in [1.165, 1.54) is 6.20 Å². The van der Waals surface area contributed by atoms with Gasteiger partial charge in [0.15, 0.2) is 0 Å². The Balaban J connectivity index is 2.63. The van der Waals surface area contributed by atoms with E-state index >= 15 is 0 Å². The molecule has 0 aliphatic carbocycles. The lowest BCUT2D eigenvalue weighted by atomic mass is 10.1. The van der Waals surface area contributed by atoms with Crippen molar-refractivity contribution in [1.82, 2.24) is 9.97 Å². The Labute approximate surface area is 99.9 Å². The molecule has 0 radical (unpaired) electrons. The Morgan fingerprint density at radius 2 is 1.81 bits per heavy atom. The summed E-state index contributed by atoms with van der Waals surface area (Å²) in [4.78, 5) is 26.8. The van der Waals surface area contributed by atoms with Crippen LogP contribution in [0.2, 0.25) is 10.0 Å². The third-order valence-corrected chi connectivity index (χ3v) is 2.79. The Kier molecular flexibility index (Phi) is 2.85. The average molecular weight is 257 g/mol. The van der Waals surface area contributed by atoms with Gasteiger partial charge in [0.2, 0.25) is 0 Å². The summed E-state index contributed by atoms with van der Waals surface area (Å²) < 4.78 is 0. The van der Waals surface area contributed by atoms with E-state index in [9.17, 15) is 9.59 Å². The maximum Gasteiger partial charge on any atom is 0.325 e. The van der Waals surface area contributed by atoms with Crippen LogP contribution in [0, 0.1) is 0 Å². The van der Waals surface area contributed by atoms with E-state index in [0.29, 0.717) is 21.2 Å². The second-order valence-corrected chi connectivity index (χ2v) is 3.93. The van der Waals surface area contributed by atoms with Crippen molar-refractivity contribution in [3.05, 3.63) is 55.3 Å². The largest absolute Gasteiger partial charge is 0.325 e. The van der Waals surface area contributed by atoms with Crippen LogP contribution in [-0.2, 0) is 0 Å². The van der Waals surface area contributed by atoms with Gasteiger partial charge < -0.3 is 4.98 Å². The first-order valence-electron chi connectivity index (χ1n) is 4.35. The molecule has 0 aliphatic rings. The minimum absolute atomic E-state index is 0.332. The zero-order valence-electron chi connectivity index (χ0n) is 7.88. The van der Waals surface area contributed by atoms with Crippen molar-refractivity contribution in [2.75, 3.05) is 0 Å². The molecule has 0 spiro atoms. The molecule has 6 heteroatoms. The number of halogens is 2. The van der Waals surface area contributed by atoms with Crippen LogP contribution < -0.4 is 11.2 Å². The Morgan fingerprint density at radius 3 is 2.44 bits per heavy atom. The third-order valence-electron chi connectivity index (χ3n) is 2.05. The maximum atomic E-state index is 11.5. The number of H-pyrrole nitrogens is 2. The quantitative estimate of drug-likeness (QED) is 0.820. The summed E-state index contributed by atoms with van der Waals surface area (Å²) in [5.74, 6) is 0. The van der Waals surface area contributed by atoms with Gasteiger partial charge >= 0.3 is 5.69 Å². The molecule has 82 valence electrons. The van der Waals surface area contributed by atoms with Crippen molar-refractivity contribution < 1.29 is 0 Å². The number of aromatic nitrogens is 2. The molecule has 1 heterocycles. The smallest absolute Gasteiger partial charge is 0.313 e. The molecule has 1 aromatic heterocycles. The molecular weight excluding hydrogens is 251 g/mol. The van der Waals surface area contributed by atoms with Crippen LogP contribution >= 0.6 is 23.2 Å². The molecule has 1 aromatic carbocycles. The lowest BCUT2D eigenvalue weighted by Gasteiger charge is -2.01. The molecule has 2 N–H and O–H groups in total. The highest BCUT2D eigenvalue weighted by atomic mass is 35.5.